The highest BCUT2D eigenvalue weighted by atomic mass is 79.9. The quantitative estimate of drug-likeness (QED) is 0.544. The number of halogens is 1. The predicted octanol–water partition coefficient (Wildman–Crippen LogP) is 3.58. The molecule has 0 saturated carbocycles. The standard InChI is InChI=1S/C20H22BrN5O2/c1-13-10-18(14(2)25(13)11-17-4-3-9-28-17)19(27)12-26-23-20(22-24-26)15-5-7-16(21)8-6-15/h5-8,10,17H,3-4,9,11-12H2,1-2H3/t17-/m1/s1. The topological polar surface area (TPSA) is 74.8 Å². The van der Waals surface area contributed by atoms with Crippen molar-refractivity contribution in [2.24, 2.45) is 0 Å². The minimum atomic E-state index is -0.0218. The average molecular weight is 444 g/mol. The van der Waals surface area contributed by atoms with Crippen molar-refractivity contribution in [3.8, 4) is 11.4 Å². The molecule has 1 aliphatic rings. The summed E-state index contributed by atoms with van der Waals surface area (Å²) in [4.78, 5) is 14.2. The maximum Gasteiger partial charge on any atom is 0.204 e. The fourth-order valence-corrected chi connectivity index (χ4v) is 3.86. The van der Waals surface area contributed by atoms with Gasteiger partial charge in [0.05, 0.1) is 6.10 Å². The van der Waals surface area contributed by atoms with E-state index in [1.54, 1.807) is 0 Å². The Morgan fingerprint density at radius 1 is 1.29 bits per heavy atom. The molecule has 0 unspecified atom stereocenters. The molecule has 0 amide bonds. The van der Waals surface area contributed by atoms with Crippen LogP contribution in [0.25, 0.3) is 11.4 Å². The molecular weight excluding hydrogens is 422 g/mol. The van der Waals surface area contributed by atoms with Gasteiger partial charge in [-0.05, 0) is 62.2 Å². The molecule has 2 aromatic heterocycles. The lowest BCUT2D eigenvalue weighted by molar-refractivity contribution is 0.0943. The average Bonchev–Trinajstić information content (AvgIpc) is 3.40. The van der Waals surface area contributed by atoms with E-state index in [-0.39, 0.29) is 18.4 Å². The third kappa shape index (κ3) is 3.93. The van der Waals surface area contributed by atoms with E-state index in [4.69, 9.17) is 4.74 Å². The third-order valence-electron chi connectivity index (χ3n) is 5.12. The van der Waals surface area contributed by atoms with Gasteiger partial charge in [-0.2, -0.15) is 4.80 Å². The fraction of sp³-hybridized carbons (Fsp3) is 0.400. The number of Topliss-reactive ketones (excluding diaryl/α,β-unsaturated/α-hetero) is 1. The molecule has 1 fully saturated rings. The van der Waals surface area contributed by atoms with Crippen molar-refractivity contribution in [2.45, 2.75) is 45.9 Å². The molecular formula is C20H22BrN5O2. The second-order valence-electron chi connectivity index (χ2n) is 7.10. The van der Waals surface area contributed by atoms with Crippen LogP contribution in [0.5, 0.6) is 0 Å². The molecule has 28 heavy (non-hydrogen) atoms. The summed E-state index contributed by atoms with van der Waals surface area (Å²) in [7, 11) is 0. The summed E-state index contributed by atoms with van der Waals surface area (Å²) in [6.45, 7) is 5.69. The number of rotatable bonds is 6. The highest BCUT2D eigenvalue weighted by Gasteiger charge is 2.21. The lowest BCUT2D eigenvalue weighted by Gasteiger charge is -2.14. The van der Waals surface area contributed by atoms with Crippen LogP contribution in [-0.2, 0) is 17.8 Å². The minimum absolute atomic E-state index is 0.0218. The van der Waals surface area contributed by atoms with Gasteiger partial charge in [-0.15, -0.1) is 10.2 Å². The summed E-state index contributed by atoms with van der Waals surface area (Å²) in [5.74, 6) is 0.482. The van der Waals surface area contributed by atoms with Crippen molar-refractivity contribution < 1.29 is 9.53 Å². The molecule has 3 aromatic rings. The molecule has 0 spiro atoms. The van der Waals surface area contributed by atoms with Gasteiger partial charge in [0.25, 0.3) is 0 Å². The van der Waals surface area contributed by atoms with Crippen molar-refractivity contribution in [1.29, 1.82) is 0 Å². The minimum Gasteiger partial charge on any atom is -0.376 e. The highest BCUT2D eigenvalue weighted by molar-refractivity contribution is 9.10. The zero-order chi connectivity index (χ0) is 19.7. The van der Waals surface area contributed by atoms with Crippen LogP contribution in [0.4, 0.5) is 0 Å². The van der Waals surface area contributed by atoms with Crippen LogP contribution in [0.15, 0.2) is 34.8 Å². The van der Waals surface area contributed by atoms with E-state index < -0.39 is 0 Å². The van der Waals surface area contributed by atoms with E-state index in [0.717, 1.165) is 47.4 Å². The summed E-state index contributed by atoms with van der Waals surface area (Å²) in [6, 6.07) is 9.60. The van der Waals surface area contributed by atoms with Crippen molar-refractivity contribution >= 4 is 21.7 Å². The monoisotopic (exact) mass is 443 g/mol. The van der Waals surface area contributed by atoms with Gasteiger partial charge in [0.1, 0.15) is 6.54 Å². The first-order valence-electron chi connectivity index (χ1n) is 9.36. The summed E-state index contributed by atoms with van der Waals surface area (Å²) in [5.41, 5.74) is 3.60. The number of tetrazole rings is 1. The Kier molecular flexibility index (Phi) is 5.41. The molecule has 8 heteroatoms. The number of aromatic nitrogens is 5. The molecule has 4 rings (SSSR count). The SMILES string of the molecule is Cc1cc(C(=O)Cn2nnc(-c3ccc(Br)cc3)n2)c(C)n1C[C@H]1CCCO1. The van der Waals surface area contributed by atoms with E-state index in [1.807, 2.05) is 44.2 Å². The third-order valence-corrected chi connectivity index (χ3v) is 5.65. The Bertz CT molecular complexity index is 987. The molecule has 0 N–H and O–H groups in total. The first-order valence-corrected chi connectivity index (χ1v) is 10.2. The Labute approximate surface area is 171 Å². The molecule has 7 nitrogen and oxygen atoms in total. The Morgan fingerprint density at radius 3 is 2.79 bits per heavy atom. The van der Waals surface area contributed by atoms with Crippen molar-refractivity contribution in [3.63, 3.8) is 0 Å². The summed E-state index contributed by atoms with van der Waals surface area (Å²) >= 11 is 3.41. The lowest BCUT2D eigenvalue weighted by Crippen LogP contribution is -2.18. The van der Waals surface area contributed by atoms with Crippen LogP contribution >= 0.6 is 15.9 Å². The number of nitrogens with zero attached hydrogens (tertiary/aromatic N) is 5. The summed E-state index contributed by atoms with van der Waals surface area (Å²) in [6.07, 6.45) is 2.41. The zero-order valence-electron chi connectivity index (χ0n) is 15.9. The van der Waals surface area contributed by atoms with Gasteiger partial charge in [0, 0.05) is 40.1 Å². The molecule has 1 aliphatic heterocycles. The fourth-order valence-electron chi connectivity index (χ4n) is 3.59. The largest absolute Gasteiger partial charge is 0.376 e. The number of benzene rings is 1. The zero-order valence-corrected chi connectivity index (χ0v) is 17.5. The maximum atomic E-state index is 12.8. The second kappa shape index (κ2) is 7.97. The van der Waals surface area contributed by atoms with E-state index in [0.29, 0.717) is 11.4 Å². The number of ketones is 1. The summed E-state index contributed by atoms with van der Waals surface area (Å²) < 4.78 is 8.90. The van der Waals surface area contributed by atoms with Crippen molar-refractivity contribution in [3.05, 3.63) is 51.8 Å². The van der Waals surface area contributed by atoms with Gasteiger partial charge in [0.2, 0.25) is 5.82 Å². The van der Waals surface area contributed by atoms with Crippen LogP contribution in [0.3, 0.4) is 0 Å². The lowest BCUT2D eigenvalue weighted by atomic mass is 10.1. The smallest absolute Gasteiger partial charge is 0.204 e. The molecule has 0 aliphatic carbocycles. The number of ether oxygens (including phenoxy) is 1. The normalized spacial score (nSPS) is 16.6. The van der Waals surface area contributed by atoms with Gasteiger partial charge in [-0.1, -0.05) is 15.9 Å². The molecule has 0 radical (unpaired) electrons. The van der Waals surface area contributed by atoms with Gasteiger partial charge >= 0.3 is 0 Å². The van der Waals surface area contributed by atoms with Crippen LogP contribution < -0.4 is 0 Å². The first-order chi connectivity index (χ1) is 13.5. The Hall–Kier alpha value is -2.32. The van der Waals surface area contributed by atoms with E-state index in [1.165, 1.54) is 4.80 Å². The maximum absolute atomic E-state index is 12.8. The van der Waals surface area contributed by atoms with Gasteiger partial charge in [-0.25, -0.2) is 0 Å². The van der Waals surface area contributed by atoms with Crippen molar-refractivity contribution in [2.75, 3.05) is 6.61 Å². The number of hydrogen-bond acceptors (Lipinski definition) is 5. The van der Waals surface area contributed by atoms with E-state index >= 15 is 0 Å². The molecule has 3 heterocycles. The predicted molar refractivity (Wildman–Crippen MR) is 108 cm³/mol. The highest BCUT2D eigenvalue weighted by Crippen LogP contribution is 2.21. The van der Waals surface area contributed by atoms with Crippen LogP contribution in [-0.4, -0.2) is 43.3 Å². The molecule has 1 aromatic carbocycles. The number of hydrogen-bond donors (Lipinski definition) is 0. The summed E-state index contributed by atoms with van der Waals surface area (Å²) in [5, 5.41) is 12.5. The van der Waals surface area contributed by atoms with Gasteiger partial charge < -0.3 is 9.30 Å². The Morgan fingerprint density at radius 2 is 2.07 bits per heavy atom. The van der Waals surface area contributed by atoms with Gasteiger partial charge in [-0.3, -0.25) is 4.79 Å². The molecule has 0 bridgehead atoms. The van der Waals surface area contributed by atoms with Crippen LogP contribution in [0, 0.1) is 13.8 Å². The van der Waals surface area contributed by atoms with Crippen LogP contribution in [0.1, 0.15) is 34.6 Å². The van der Waals surface area contributed by atoms with E-state index in [9.17, 15) is 4.79 Å². The second-order valence-corrected chi connectivity index (χ2v) is 8.02. The van der Waals surface area contributed by atoms with Gasteiger partial charge in [0.15, 0.2) is 5.78 Å². The Balaban J connectivity index is 1.49. The first kappa shape index (κ1) is 19.0. The van der Waals surface area contributed by atoms with Crippen molar-refractivity contribution in [1.82, 2.24) is 24.8 Å². The molecule has 146 valence electrons. The molecule has 1 atom stereocenters. The van der Waals surface area contributed by atoms with E-state index in [2.05, 4.69) is 35.9 Å². The van der Waals surface area contributed by atoms with Crippen LogP contribution in [0.2, 0.25) is 0 Å². The number of carbonyl (C=O) groups excluding carboxylic acids is 1. The molecule has 1 saturated heterocycles. The number of carbonyl (C=O) groups is 1. The number of aryl methyl sites for hydroxylation is 1.